The minimum absolute atomic E-state index is 0.0279. The molecule has 0 radical (unpaired) electrons. The average Bonchev–Trinajstić information content (AvgIpc) is 2.65. The number of benzene rings is 1. The number of carbonyl (C=O) groups is 1. The Morgan fingerprint density at radius 2 is 1.89 bits per heavy atom. The predicted octanol–water partition coefficient (Wildman–Crippen LogP) is 5.22. The predicted molar refractivity (Wildman–Crippen MR) is 98.1 cm³/mol. The molecule has 1 aliphatic heterocycles. The van der Waals surface area contributed by atoms with E-state index in [9.17, 15) is 18.0 Å². The van der Waals surface area contributed by atoms with Crippen LogP contribution in [0.1, 0.15) is 28.8 Å². The number of nitrogens with one attached hydrogen (secondary N) is 1. The first kappa shape index (κ1) is 20.7. The van der Waals surface area contributed by atoms with Crippen LogP contribution in [0.5, 0.6) is 5.88 Å². The van der Waals surface area contributed by atoms with E-state index in [1.165, 1.54) is 12.3 Å². The highest BCUT2D eigenvalue weighted by molar-refractivity contribution is 6.34. The second-order valence-electron chi connectivity index (χ2n) is 6.09. The normalized spacial score (nSPS) is 15.3. The number of anilines is 1. The summed E-state index contributed by atoms with van der Waals surface area (Å²) < 4.78 is 49.5. The molecule has 0 saturated carbocycles. The summed E-state index contributed by atoms with van der Waals surface area (Å²) in [5.74, 6) is -0.518. The van der Waals surface area contributed by atoms with Crippen molar-refractivity contribution in [2.24, 2.45) is 0 Å². The highest BCUT2D eigenvalue weighted by Gasteiger charge is 2.31. The highest BCUT2D eigenvalue weighted by atomic mass is 35.5. The summed E-state index contributed by atoms with van der Waals surface area (Å²) in [6, 6.07) is 3.99. The molecule has 0 spiro atoms. The Kier molecular flexibility index (Phi) is 6.32. The van der Waals surface area contributed by atoms with E-state index in [2.05, 4.69) is 10.3 Å². The van der Waals surface area contributed by atoms with E-state index in [1.807, 2.05) is 0 Å². The quantitative estimate of drug-likeness (QED) is 0.716. The van der Waals surface area contributed by atoms with E-state index in [4.69, 9.17) is 32.7 Å². The molecule has 5 nitrogen and oxygen atoms in total. The lowest BCUT2D eigenvalue weighted by Crippen LogP contribution is -2.26. The average molecular weight is 435 g/mol. The minimum atomic E-state index is -4.56. The Morgan fingerprint density at radius 3 is 2.54 bits per heavy atom. The van der Waals surface area contributed by atoms with Crippen LogP contribution >= 0.6 is 23.2 Å². The number of nitrogens with zero attached hydrogens (tertiary/aromatic N) is 1. The first-order valence-electron chi connectivity index (χ1n) is 8.32. The van der Waals surface area contributed by atoms with Crippen LogP contribution in [0.25, 0.3) is 0 Å². The maximum Gasteiger partial charge on any atom is 0.416 e. The van der Waals surface area contributed by atoms with Crippen LogP contribution in [-0.4, -0.2) is 30.2 Å². The third kappa shape index (κ3) is 5.06. The van der Waals surface area contributed by atoms with Crippen molar-refractivity contribution in [1.82, 2.24) is 4.98 Å². The summed E-state index contributed by atoms with van der Waals surface area (Å²) in [7, 11) is 0. The van der Waals surface area contributed by atoms with Gasteiger partial charge in [-0.05, 0) is 24.3 Å². The van der Waals surface area contributed by atoms with Crippen LogP contribution in [0.2, 0.25) is 10.0 Å². The molecule has 28 heavy (non-hydrogen) atoms. The zero-order chi connectivity index (χ0) is 20.3. The summed E-state index contributed by atoms with van der Waals surface area (Å²) in [6.45, 7) is 1.17. The van der Waals surface area contributed by atoms with Gasteiger partial charge in [-0.1, -0.05) is 23.2 Å². The van der Waals surface area contributed by atoms with Crippen LogP contribution in [0.15, 0.2) is 30.5 Å². The van der Waals surface area contributed by atoms with Crippen molar-refractivity contribution < 1.29 is 27.4 Å². The number of hydrogen-bond donors (Lipinski definition) is 1. The van der Waals surface area contributed by atoms with Gasteiger partial charge < -0.3 is 14.8 Å². The summed E-state index contributed by atoms with van der Waals surface area (Å²) in [6.07, 6.45) is -2.00. The molecule has 3 rings (SSSR count). The van der Waals surface area contributed by atoms with Crippen LogP contribution < -0.4 is 10.1 Å². The van der Waals surface area contributed by atoms with Gasteiger partial charge in [0.25, 0.3) is 5.91 Å². The van der Waals surface area contributed by atoms with Gasteiger partial charge in [-0.25, -0.2) is 4.98 Å². The largest absolute Gasteiger partial charge is 0.473 e. The minimum Gasteiger partial charge on any atom is -0.473 e. The Morgan fingerprint density at radius 1 is 1.18 bits per heavy atom. The number of amides is 1. The molecule has 0 aliphatic carbocycles. The monoisotopic (exact) mass is 434 g/mol. The van der Waals surface area contributed by atoms with Crippen molar-refractivity contribution in [3.8, 4) is 5.88 Å². The lowest BCUT2D eigenvalue weighted by atomic mass is 10.1. The number of rotatable bonds is 4. The van der Waals surface area contributed by atoms with E-state index >= 15 is 0 Å². The Bertz CT molecular complexity index is 872. The molecule has 10 heteroatoms. The van der Waals surface area contributed by atoms with Gasteiger partial charge in [0.05, 0.1) is 35.1 Å². The fourth-order valence-corrected chi connectivity index (χ4v) is 2.96. The Balaban J connectivity index is 1.73. The molecule has 150 valence electrons. The van der Waals surface area contributed by atoms with Gasteiger partial charge >= 0.3 is 6.18 Å². The fraction of sp³-hybridized carbons (Fsp3) is 0.333. The molecule has 1 aliphatic rings. The fourth-order valence-electron chi connectivity index (χ4n) is 2.58. The Labute approximate surface area is 168 Å². The van der Waals surface area contributed by atoms with Crippen LogP contribution in [0.4, 0.5) is 18.9 Å². The maximum atomic E-state index is 12.8. The van der Waals surface area contributed by atoms with Crippen molar-refractivity contribution >= 4 is 34.8 Å². The first-order valence-corrected chi connectivity index (χ1v) is 9.07. The lowest BCUT2D eigenvalue weighted by molar-refractivity contribution is -0.137. The summed E-state index contributed by atoms with van der Waals surface area (Å²) >= 11 is 12.0. The van der Waals surface area contributed by atoms with Crippen LogP contribution in [-0.2, 0) is 10.9 Å². The first-order chi connectivity index (χ1) is 13.2. The van der Waals surface area contributed by atoms with Gasteiger partial charge in [0, 0.05) is 19.0 Å². The molecule has 1 aromatic carbocycles. The second kappa shape index (κ2) is 8.55. The lowest BCUT2D eigenvalue weighted by Gasteiger charge is -2.23. The third-order valence-corrected chi connectivity index (χ3v) is 4.66. The standard InChI is InChI=1S/C18H15Cl2F3N2O3/c19-13-2-1-11(18(21,22)23)8-15(13)25-16(26)10-7-14(20)17(24-9-10)28-12-3-5-27-6-4-12/h1-2,7-9,12H,3-6H2,(H,25,26). The van der Waals surface area contributed by atoms with E-state index in [1.54, 1.807) is 0 Å². The second-order valence-corrected chi connectivity index (χ2v) is 6.90. The van der Waals surface area contributed by atoms with Gasteiger partial charge in [-0.15, -0.1) is 0 Å². The van der Waals surface area contributed by atoms with E-state index in [0.29, 0.717) is 26.1 Å². The van der Waals surface area contributed by atoms with Crippen molar-refractivity contribution in [3.63, 3.8) is 0 Å². The van der Waals surface area contributed by atoms with E-state index < -0.39 is 17.6 Å². The molecule has 1 amide bonds. The maximum absolute atomic E-state index is 12.8. The topological polar surface area (TPSA) is 60.5 Å². The Hall–Kier alpha value is -2.03. The van der Waals surface area contributed by atoms with Gasteiger partial charge in [0.15, 0.2) is 0 Å². The number of aromatic nitrogens is 1. The van der Waals surface area contributed by atoms with Gasteiger partial charge in [-0.3, -0.25) is 4.79 Å². The molecule has 1 saturated heterocycles. The van der Waals surface area contributed by atoms with Crippen molar-refractivity contribution in [2.45, 2.75) is 25.1 Å². The number of carbonyl (C=O) groups excluding carboxylic acids is 1. The third-order valence-electron chi connectivity index (χ3n) is 4.06. The van der Waals surface area contributed by atoms with Crippen LogP contribution in [0, 0.1) is 0 Å². The smallest absolute Gasteiger partial charge is 0.416 e. The van der Waals surface area contributed by atoms with Crippen molar-refractivity contribution in [1.29, 1.82) is 0 Å². The number of hydrogen-bond acceptors (Lipinski definition) is 4. The number of pyridine rings is 1. The molecule has 2 heterocycles. The van der Waals surface area contributed by atoms with E-state index in [-0.39, 0.29) is 33.3 Å². The molecule has 1 N–H and O–H groups in total. The van der Waals surface area contributed by atoms with E-state index in [0.717, 1.165) is 18.2 Å². The molecule has 0 bridgehead atoms. The zero-order valence-electron chi connectivity index (χ0n) is 14.4. The molecule has 1 aromatic heterocycles. The molecular formula is C18H15Cl2F3N2O3. The molecule has 0 unspecified atom stereocenters. The van der Waals surface area contributed by atoms with Crippen molar-refractivity contribution in [2.75, 3.05) is 18.5 Å². The van der Waals surface area contributed by atoms with Gasteiger partial charge in [-0.2, -0.15) is 13.2 Å². The summed E-state index contributed by atoms with van der Waals surface area (Å²) in [4.78, 5) is 16.4. The van der Waals surface area contributed by atoms with Gasteiger partial charge in [0.1, 0.15) is 11.1 Å². The number of alkyl halides is 3. The molecular weight excluding hydrogens is 420 g/mol. The molecule has 1 fully saturated rings. The van der Waals surface area contributed by atoms with Crippen molar-refractivity contribution in [3.05, 3.63) is 51.6 Å². The molecule has 0 atom stereocenters. The summed E-state index contributed by atoms with van der Waals surface area (Å²) in [5.41, 5.74) is -1.04. The van der Waals surface area contributed by atoms with Gasteiger partial charge in [0.2, 0.25) is 5.88 Å². The number of ether oxygens (including phenoxy) is 2. The SMILES string of the molecule is O=C(Nc1cc(C(F)(F)F)ccc1Cl)c1cnc(OC2CCOCC2)c(Cl)c1. The summed E-state index contributed by atoms with van der Waals surface area (Å²) in [5, 5.41) is 2.43. The van der Waals surface area contributed by atoms with Crippen LogP contribution in [0.3, 0.4) is 0 Å². The molecule has 2 aromatic rings. The number of halogens is 5. The zero-order valence-corrected chi connectivity index (χ0v) is 15.9. The highest BCUT2D eigenvalue weighted by Crippen LogP contribution is 2.34.